The Morgan fingerprint density at radius 1 is 1.20 bits per heavy atom. The van der Waals surface area contributed by atoms with Gasteiger partial charge in [-0.3, -0.25) is 4.79 Å². The standard InChI is InChI=1S/C13H15N5OS/c14-12-2-1-10(7-15-12)17-3-5-18(6-4-17)13(19)11-8-20-9-16-11/h1-2,7-9H,3-6H2,(H2,14,15). The van der Waals surface area contributed by atoms with Crippen LogP contribution in [0, 0.1) is 0 Å². The number of amides is 1. The number of pyridine rings is 1. The van der Waals surface area contributed by atoms with E-state index in [1.165, 1.54) is 11.3 Å². The Kier molecular flexibility index (Phi) is 3.51. The largest absolute Gasteiger partial charge is 0.384 e. The Hall–Kier alpha value is -2.15. The zero-order chi connectivity index (χ0) is 13.9. The molecule has 2 aromatic heterocycles. The van der Waals surface area contributed by atoms with E-state index in [-0.39, 0.29) is 5.91 Å². The minimum absolute atomic E-state index is 0.0151. The third-order valence-corrected chi connectivity index (χ3v) is 3.94. The van der Waals surface area contributed by atoms with Crippen molar-refractivity contribution in [2.45, 2.75) is 0 Å². The Labute approximate surface area is 120 Å². The van der Waals surface area contributed by atoms with E-state index in [0.717, 1.165) is 18.8 Å². The second-order valence-electron chi connectivity index (χ2n) is 4.59. The first-order valence-corrected chi connectivity index (χ1v) is 7.32. The second-order valence-corrected chi connectivity index (χ2v) is 5.31. The highest BCUT2D eigenvalue weighted by atomic mass is 32.1. The van der Waals surface area contributed by atoms with Crippen LogP contribution in [0.2, 0.25) is 0 Å². The molecule has 0 aromatic carbocycles. The predicted molar refractivity (Wildman–Crippen MR) is 78.9 cm³/mol. The van der Waals surface area contributed by atoms with E-state index in [9.17, 15) is 4.79 Å². The van der Waals surface area contributed by atoms with Crippen LogP contribution in [0.25, 0.3) is 0 Å². The topological polar surface area (TPSA) is 75.3 Å². The molecule has 3 rings (SSSR count). The fraction of sp³-hybridized carbons (Fsp3) is 0.308. The van der Waals surface area contributed by atoms with Crippen LogP contribution in [0.5, 0.6) is 0 Å². The van der Waals surface area contributed by atoms with Gasteiger partial charge in [-0.1, -0.05) is 0 Å². The number of thiazole rings is 1. The summed E-state index contributed by atoms with van der Waals surface area (Å²) in [5.41, 5.74) is 8.85. The van der Waals surface area contributed by atoms with Crippen LogP contribution < -0.4 is 10.6 Å². The average Bonchev–Trinajstić information content (AvgIpc) is 3.02. The molecule has 1 aliphatic rings. The lowest BCUT2D eigenvalue weighted by atomic mass is 10.2. The van der Waals surface area contributed by atoms with E-state index in [4.69, 9.17) is 5.73 Å². The summed E-state index contributed by atoms with van der Waals surface area (Å²) in [6.07, 6.45) is 1.77. The molecule has 7 heteroatoms. The van der Waals surface area contributed by atoms with Crippen LogP contribution in [0.1, 0.15) is 10.5 Å². The van der Waals surface area contributed by atoms with Crippen LogP contribution >= 0.6 is 11.3 Å². The number of carbonyl (C=O) groups excluding carboxylic acids is 1. The minimum Gasteiger partial charge on any atom is -0.384 e. The smallest absolute Gasteiger partial charge is 0.273 e. The maximum absolute atomic E-state index is 12.2. The summed E-state index contributed by atoms with van der Waals surface area (Å²) in [6.45, 7) is 2.98. The lowest BCUT2D eigenvalue weighted by Gasteiger charge is -2.35. The second kappa shape index (κ2) is 5.46. The zero-order valence-electron chi connectivity index (χ0n) is 10.9. The zero-order valence-corrected chi connectivity index (χ0v) is 11.7. The van der Waals surface area contributed by atoms with Crippen molar-refractivity contribution in [3.63, 3.8) is 0 Å². The third kappa shape index (κ3) is 2.57. The van der Waals surface area contributed by atoms with Crippen molar-refractivity contribution in [2.24, 2.45) is 0 Å². The van der Waals surface area contributed by atoms with Crippen LogP contribution in [0.3, 0.4) is 0 Å². The number of nitrogen functional groups attached to an aromatic ring is 1. The Bertz CT molecular complexity index is 575. The van der Waals surface area contributed by atoms with E-state index < -0.39 is 0 Å². The lowest BCUT2D eigenvalue weighted by molar-refractivity contribution is 0.0741. The number of anilines is 2. The molecule has 1 amide bonds. The Morgan fingerprint density at radius 3 is 2.60 bits per heavy atom. The van der Waals surface area contributed by atoms with Crippen molar-refractivity contribution in [3.8, 4) is 0 Å². The van der Waals surface area contributed by atoms with Gasteiger partial charge in [0.1, 0.15) is 11.5 Å². The molecule has 0 radical (unpaired) electrons. The molecule has 1 fully saturated rings. The number of rotatable bonds is 2. The van der Waals surface area contributed by atoms with Crippen molar-refractivity contribution in [3.05, 3.63) is 34.9 Å². The van der Waals surface area contributed by atoms with Gasteiger partial charge in [0.05, 0.1) is 17.4 Å². The molecule has 0 saturated carbocycles. The minimum atomic E-state index is 0.0151. The van der Waals surface area contributed by atoms with Gasteiger partial charge >= 0.3 is 0 Å². The van der Waals surface area contributed by atoms with Gasteiger partial charge in [0.15, 0.2) is 0 Å². The molecule has 0 bridgehead atoms. The van der Waals surface area contributed by atoms with Gasteiger partial charge in [-0.2, -0.15) is 0 Å². The number of carbonyl (C=O) groups is 1. The number of piperazine rings is 1. The van der Waals surface area contributed by atoms with Gasteiger partial charge in [0.2, 0.25) is 0 Å². The van der Waals surface area contributed by atoms with Crippen molar-refractivity contribution in [2.75, 3.05) is 36.8 Å². The monoisotopic (exact) mass is 289 g/mol. The average molecular weight is 289 g/mol. The highest BCUT2D eigenvalue weighted by Crippen LogP contribution is 2.17. The number of aromatic nitrogens is 2. The molecule has 0 atom stereocenters. The summed E-state index contributed by atoms with van der Waals surface area (Å²) < 4.78 is 0. The molecule has 104 valence electrons. The van der Waals surface area contributed by atoms with E-state index in [1.54, 1.807) is 23.2 Å². The first-order valence-electron chi connectivity index (χ1n) is 6.38. The van der Waals surface area contributed by atoms with E-state index >= 15 is 0 Å². The van der Waals surface area contributed by atoms with E-state index in [1.807, 2.05) is 11.0 Å². The lowest BCUT2D eigenvalue weighted by Crippen LogP contribution is -2.48. The van der Waals surface area contributed by atoms with E-state index in [2.05, 4.69) is 14.9 Å². The first kappa shape index (κ1) is 12.9. The van der Waals surface area contributed by atoms with Crippen LogP contribution in [0.4, 0.5) is 11.5 Å². The summed E-state index contributed by atoms with van der Waals surface area (Å²) >= 11 is 1.44. The third-order valence-electron chi connectivity index (χ3n) is 3.35. The molecule has 2 aromatic rings. The number of hydrogen-bond donors (Lipinski definition) is 1. The summed E-state index contributed by atoms with van der Waals surface area (Å²) in [5.74, 6) is 0.535. The Balaban J connectivity index is 1.62. The van der Waals surface area contributed by atoms with Crippen molar-refractivity contribution >= 4 is 28.7 Å². The maximum Gasteiger partial charge on any atom is 0.273 e. The normalized spacial score (nSPS) is 15.4. The van der Waals surface area contributed by atoms with Gasteiger partial charge in [-0.05, 0) is 12.1 Å². The predicted octanol–water partition coefficient (Wildman–Crippen LogP) is 1.08. The van der Waals surface area contributed by atoms with Crippen LogP contribution in [0.15, 0.2) is 29.2 Å². The molecule has 1 saturated heterocycles. The maximum atomic E-state index is 12.2. The molecule has 1 aliphatic heterocycles. The van der Waals surface area contributed by atoms with Gasteiger partial charge in [-0.15, -0.1) is 11.3 Å². The molecule has 3 heterocycles. The van der Waals surface area contributed by atoms with Gasteiger partial charge in [0.25, 0.3) is 5.91 Å². The molecular formula is C13H15N5OS. The Morgan fingerprint density at radius 2 is 2.00 bits per heavy atom. The van der Waals surface area contributed by atoms with Crippen LogP contribution in [-0.2, 0) is 0 Å². The summed E-state index contributed by atoms with van der Waals surface area (Å²) in [6, 6.07) is 3.75. The molecule has 2 N–H and O–H groups in total. The van der Waals surface area contributed by atoms with Crippen molar-refractivity contribution in [1.29, 1.82) is 0 Å². The van der Waals surface area contributed by atoms with Crippen LogP contribution in [-0.4, -0.2) is 47.0 Å². The van der Waals surface area contributed by atoms with Gasteiger partial charge in [-0.25, -0.2) is 9.97 Å². The summed E-state index contributed by atoms with van der Waals surface area (Å²) in [4.78, 5) is 24.4. The van der Waals surface area contributed by atoms with Crippen molar-refractivity contribution in [1.82, 2.24) is 14.9 Å². The molecule has 0 spiro atoms. The number of nitrogens with two attached hydrogens (primary N) is 1. The SMILES string of the molecule is Nc1ccc(N2CCN(C(=O)c3cscn3)CC2)cn1. The highest BCUT2D eigenvalue weighted by molar-refractivity contribution is 7.07. The summed E-state index contributed by atoms with van der Waals surface area (Å²) in [7, 11) is 0. The van der Waals surface area contributed by atoms with E-state index in [0.29, 0.717) is 24.6 Å². The summed E-state index contributed by atoms with van der Waals surface area (Å²) in [5, 5.41) is 1.79. The highest BCUT2D eigenvalue weighted by Gasteiger charge is 2.23. The number of hydrogen-bond acceptors (Lipinski definition) is 6. The van der Waals surface area contributed by atoms with Crippen molar-refractivity contribution < 1.29 is 4.79 Å². The molecular weight excluding hydrogens is 274 g/mol. The molecule has 0 aliphatic carbocycles. The molecule has 20 heavy (non-hydrogen) atoms. The van der Waals surface area contributed by atoms with Gasteiger partial charge < -0.3 is 15.5 Å². The number of nitrogens with zero attached hydrogens (tertiary/aromatic N) is 4. The molecule has 0 unspecified atom stereocenters. The fourth-order valence-electron chi connectivity index (χ4n) is 2.23. The fourth-order valence-corrected chi connectivity index (χ4v) is 2.76. The quantitative estimate of drug-likeness (QED) is 0.895. The molecule has 6 nitrogen and oxygen atoms in total. The first-order chi connectivity index (χ1) is 9.74. The van der Waals surface area contributed by atoms with Gasteiger partial charge in [0, 0.05) is 31.6 Å².